The highest BCUT2D eigenvalue weighted by atomic mass is 32.1. The first-order valence-corrected chi connectivity index (χ1v) is 10.2. The van der Waals surface area contributed by atoms with Crippen LogP contribution in [0.3, 0.4) is 0 Å². The van der Waals surface area contributed by atoms with Gasteiger partial charge in [0.1, 0.15) is 6.04 Å². The number of carbonyl (C=O) groups is 3. The van der Waals surface area contributed by atoms with Crippen LogP contribution in [0.5, 0.6) is 0 Å². The SMILES string of the molecule is CNC(=O)C(Cc1c[nH]c2ccccc12)NC(=O)C(CC(C)C)C(S)CC(=O)[O-]. The fourth-order valence-electron chi connectivity index (χ4n) is 3.44. The van der Waals surface area contributed by atoms with Crippen LogP contribution in [-0.4, -0.2) is 41.1 Å². The van der Waals surface area contributed by atoms with E-state index in [1.165, 1.54) is 7.05 Å². The first-order chi connectivity index (χ1) is 13.7. The Morgan fingerprint density at radius 1 is 1.17 bits per heavy atom. The van der Waals surface area contributed by atoms with E-state index in [1.54, 1.807) is 0 Å². The van der Waals surface area contributed by atoms with Crippen LogP contribution in [0.1, 0.15) is 32.3 Å². The number of H-pyrrole nitrogens is 1. The summed E-state index contributed by atoms with van der Waals surface area (Å²) in [5, 5.41) is 16.7. The minimum Gasteiger partial charge on any atom is -0.550 e. The highest BCUT2D eigenvalue weighted by Gasteiger charge is 2.30. The Morgan fingerprint density at radius 2 is 1.86 bits per heavy atom. The van der Waals surface area contributed by atoms with Crippen molar-refractivity contribution in [3.05, 3.63) is 36.0 Å². The zero-order valence-corrected chi connectivity index (χ0v) is 17.8. The van der Waals surface area contributed by atoms with Gasteiger partial charge in [-0.05, 0) is 30.4 Å². The predicted molar refractivity (Wildman–Crippen MR) is 113 cm³/mol. The number of amides is 2. The Bertz CT molecular complexity index is 864. The van der Waals surface area contributed by atoms with Crippen molar-refractivity contribution >= 4 is 41.3 Å². The third-order valence-corrected chi connectivity index (χ3v) is 5.42. The summed E-state index contributed by atoms with van der Waals surface area (Å²) in [5.41, 5.74) is 1.86. The van der Waals surface area contributed by atoms with E-state index in [2.05, 4.69) is 28.2 Å². The fraction of sp³-hybridized carbons (Fsp3) is 0.476. The minimum atomic E-state index is -1.26. The average molecular weight is 419 g/mol. The maximum Gasteiger partial charge on any atom is 0.242 e. The van der Waals surface area contributed by atoms with Crippen molar-refractivity contribution in [2.24, 2.45) is 11.8 Å². The molecule has 3 atom stereocenters. The summed E-state index contributed by atoms with van der Waals surface area (Å²) in [5.74, 6) is -2.44. The normalized spacial score (nSPS) is 14.4. The van der Waals surface area contributed by atoms with Gasteiger partial charge in [0.2, 0.25) is 11.8 Å². The molecule has 0 aliphatic carbocycles. The summed E-state index contributed by atoms with van der Waals surface area (Å²) in [6, 6.07) is 6.94. The molecular weight excluding hydrogens is 390 g/mol. The lowest BCUT2D eigenvalue weighted by atomic mass is 9.91. The lowest BCUT2D eigenvalue weighted by Crippen LogP contribution is -2.50. The molecule has 2 aromatic rings. The third kappa shape index (κ3) is 6.25. The van der Waals surface area contributed by atoms with Crippen molar-refractivity contribution in [3.8, 4) is 0 Å². The maximum atomic E-state index is 13.0. The Balaban J connectivity index is 2.21. The van der Waals surface area contributed by atoms with Crippen LogP contribution in [0, 0.1) is 11.8 Å². The number of fused-ring (bicyclic) bond motifs is 1. The second kappa shape index (κ2) is 10.3. The number of hydrogen-bond acceptors (Lipinski definition) is 5. The summed E-state index contributed by atoms with van der Waals surface area (Å²) in [7, 11) is 1.51. The van der Waals surface area contributed by atoms with Gasteiger partial charge in [-0.3, -0.25) is 9.59 Å². The Kier molecular flexibility index (Phi) is 8.13. The summed E-state index contributed by atoms with van der Waals surface area (Å²) in [6.07, 6.45) is 2.26. The smallest absolute Gasteiger partial charge is 0.242 e. The topological polar surface area (TPSA) is 114 Å². The van der Waals surface area contributed by atoms with Crippen molar-refractivity contribution in [2.75, 3.05) is 7.05 Å². The van der Waals surface area contributed by atoms with E-state index in [0.29, 0.717) is 12.8 Å². The molecule has 29 heavy (non-hydrogen) atoms. The van der Waals surface area contributed by atoms with Crippen molar-refractivity contribution in [3.63, 3.8) is 0 Å². The van der Waals surface area contributed by atoms with Gasteiger partial charge in [0.25, 0.3) is 0 Å². The molecule has 0 aliphatic rings. The van der Waals surface area contributed by atoms with Crippen LogP contribution in [0.15, 0.2) is 30.5 Å². The van der Waals surface area contributed by atoms with Crippen LogP contribution < -0.4 is 15.7 Å². The quantitative estimate of drug-likeness (QED) is 0.432. The number of para-hydroxylation sites is 1. The molecule has 158 valence electrons. The number of hydrogen-bond donors (Lipinski definition) is 4. The predicted octanol–water partition coefficient (Wildman–Crippen LogP) is 1.04. The summed E-state index contributed by atoms with van der Waals surface area (Å²) < 4.78 is 0. The molecule has 3 unspecified atom stereocenters. The van der Waals surface area contributed by atoms with Gasteiger partial charge in [-0.15, -0.1) is 0 Å². The van der Waals surface area contributed by atoms with E-state index in [4.69, 9.17) is 0 Å². The molecule has 8 heteroatoms. The molecule has 0 fully saturated rings. The highest BCUT2D eigenvalue weighted by molar-refractivity contribution is 7.81. The first-order valence-electron chi connectivity index (χ1n) is 9.67. The number of carboxylic acid groups (broad SMARTS) is 1. The van der Waals surface area contributed by atoms with E-state index in [1.807, 2.05) is 44.3 Å². The van der Waals surface area contributed by atoms with E-state index < -0.39 is 23.2 Å². The van der Waals surface area contributed by atoms with Gasteiger partial charge in [0, 0.05) is 41.8 Å². The second-order valence-electron chi connectivity index (χ2n) is 7.62. The zero-order chi connectivity index (χ0) is 21.6. The molecule has 1 aromatic heterocycles. The van der Waals surface area contributed by atoms with Gasteiger partial charge >= 0.3 is 0 Å². The number of aliphatic carboxylic acids is 1. The molecule has 3 N–H and O–H groups in total. The second-order valence-corrected chi connectivity index (χ2v) is 8.28. The molecule has 0 saturated heterocycles. The third-order valence-electron chi connectivity index (χ3n) is 4.88. The number of likely N-dealkylation sites (N-methyl/N-ethyl adjacent to an activating group) is 1. The zero-order valence-electron chi connectivity index (χ0n) is 16.9. The highest BCUT2D eigenvalue weighted by Crippen LogP contribution is 2.23. The van der Waals surface area contributed by atoms with E-state index >= 15 is 0 Å². The van der Waals surface area contributed by atoms with Crippen LogP contribution in [-0.2, 0) is 20.8 Å². The summed E-state index contributed by atoms with van der Waals surface area (Å²) in [6.45, 7) is 3.89. The molecular formula is C21H28N3O4S-. The summed E-state index contributed by atoms with van der Waals surface area (Å²) >= 11 is 4.33. The van der Waals surface area contributed by atoms with Gasteiger partial charge in [0.05, 0.1) is 5.92 Å². The summed E-state index contributed by atoms with van der Waals surface area (Å²) in [4.78, 5) is 39.5. The molecule has 7 nitrogen and oxygen atoms in total. The van der Waals surface area contributed by atoms with Crippen molar-refractivity contribution in [2.45, 2.75) is 44.4 Å². The minimum absolute atomic E-state index is 0.161. The number of carbonyl (C=O) groups excluding carboxylic acids is 3. The lowest BCUT2D eigenvalue weighted by molar-refractivity contribution is -0.305. The average Bonchev–Trinajstić information content (AvgIpc) is 3.07. The van der Waals surface area contributed by atoms with Crippen LogP contribution in [0.2, 0.25) is 0 Å². The molecule has 2 amide bonds. The Hall–Kier alpha value is -2.48. The molecule has 0 spiro atoms. The lowest BCUT2D eigenvalue weighted by Gasteiger charge is -2.27. The number of carboxylic acids is 1. The molecule has 0 bridgehead atoms. The fourth-order valence-corrected chi connectivity index (χ4v) is 3.85. The maximum absolute atomic E-state index is 13.0. The molecule has 0 radical (unpaired) electrons. The number of nitrogens with one attached hydrogen (secondary N) is 3. The van der Waals surface area contributed by atoms with E-state index in [9.17, 15) is 19.5 Å². The Labute approximate surface area is 176 Å². The van der Waals surface area contributed by atoms with Crippen molar-refractivity contribution < 1.29 is 19.5 Å². The number of thiol groups is 1. The van der Waals surface area contributed by atoms with E-state index in [0.717, 1.165) is 16.5 Å². The van der Waals surface area contributed by atoms with Crippen molar-refractivity contribution in [1.82, 2.24) is 15.6 Å². The number of rotatable bonds is 10. The monoisotopic (exact) mass is 418 g/mol. The van der Waals surface area contributed by atoms with E-state index in [-0.39, 0.29) is 24.2 Å². The van der Waals surface area contributed by atoms with Gasteiger partial charge in [-0.1, -0.05) is 32.0 Å². The van der Waals surface area contributed by atoms with Gasteiger partial charge in [0.15, 0.2) is 0 Å². The van der Waals surface area contributed by atoms with Crippen LogP contribution in [0.4, 0.5) is 0 Å². The van der Waals surface area contributed by atoms with Crippen molar-refractivity contribution in [1.29, 1.82) is 0 Å². The largest absolute Gasteiger partial charge is 0.550 e. The number of aromatic nitrogens is 1. The van der Waals surface area contributed by atoms with Crippen LogP contribution >= 0.6 is 12.6 Å². The molecule has 1 heterocycles. The van der Waals surface area contributed by atoms with Gasteiger partial charge in [-0.2, -0.15) is 12.6 Å². The van der Waals surface area contributed by atoms with Crippen LogP contribution in [0.25, 0.3) is 10.9 Å². The molecule has 0 aliphatic heterocycles. The molecule has 1 aromatic carbocycles. The first kappa shape index (κ1) is 22.8. The van der Waals surface area contributed by atoms with Gasteiger partial charge < -0.3 is 25.5 Å². The standard InChI is InChI=1S/C21H29N3O4S/c1-12(2)8-15(18(29)10-19(25)26)20(27)24-17(21(28)22-3)9-13-11-23-16-7-5-4-6-14(13)16/h4-7,11-12,15,17-18,23,29H,8-10H2,1-3H3,(H,22,28)(H,24,27)(H,25,26)/p-1. The molecule has 2 rings (SSSR count). The number of aromatic amines is 1. The molecule has 0 saturated carbocycles. The van der Waals surface area contributed by atoms with Gasteiger partial charge in [-0.25, -0.2) is 0 Å². The Morgan fingerprint density at radius 3 is 2.48 bits per heavy atom. The number of benzene rings is 1.